The summed E-state index contributed by atoms with van der Waals surface area (Å²) in [5.41, 5.74) is 7.09. The molecule has 1 rings (SSSR count). The summed E-state index contributed by atoms with van der Waals surface area (Å²) in [7, 11) is -3.93. The molecule has 0 atom stereocenters. The first-order valence-electron chi connectivity index (χ1n) is 3.85. The van der Waals surface area contributed by atoms with E-state index in [9.17, 15) is 12.8 Å². The number of benzene rings is 1. The molecule has 0 saturated heterocycles. The number of nitrogens with two attached hydrogens (primary N) is 1. The van der Waals surface area contributed by atoms with Crippen molar-refractivity contribution in [3.8, 4) is 0 Å². The lowest BCUT2D eigenvalue weighted by Crippen LogP contribution is -2.44. The van der Waals surface area contributed by atoms with Crippen molar-refractivity contribution in [3.63, 3.8) is 0 Å². The Balaban J connectivity index is 3.03. The maximum absolute atomic E-state index is 12.7. The van der Waals surface area contributed by atoms with Crippen LogP contribution in [0.15, 0.2) is 23.1 Å². The van der Waals surface area contributed by atoms with Crippen molar-refractivity contribution in [2.45, 2.75) is 4.90 Å². The number of hydrogen-bond acceptors (Lipinski definition) is 3. The summed E-state index contributed by atoms with van der Waals surface area (Å²) in [6, 6.07) is 2.89. The highest BCUT2D eigenvalue weighted by molar-refractivity contribution is 7.89. The quantitative estimate of drug-likeness (QED) is 0.556. The molecule has 0 aromatic heterocycles. The molecule has 0 aliphatic rings. The van der Waals surface area contributed by atoms with Gasteiger partial charge in [-0.25, -0.2) is 12.8 Å². The van der Waals surface area contributed by atoms with Gasteiger partial charge in [-0.3, -0.25) is 5.43 Å². The van der Waals surface area contributed by atoms with E-state index in [4.69, 9.17) is 17.3 Å². The predicted molar refractivity (Wildman–Crippen MR) is 61.7 cm³/mol. The maximum atomic E-state index is 12.7. The summed E-state index contributed by atoms with van der Waals surface area (Å²) >= 11 is 9.99. The van der Waals surface area contributed by atoms with Gasteiger partial charge in [0.05, 0.1) is 5.02 Å². The fourth-order valence-electron chi connectivity index (χ4n) is 0.866. The number of hydrazine groups is 1. The summed E-state index contributed by atoms with van der Waals surface area (Å²) in [6.45, 7) is 0. The van der Waals surface area contributed by atoms with Gasteiger partial charge in [0.1, 0.15) is 10.7 Å². The highest BCUT2D eigenvalue weighted by Crippen LogP contribution is 2.21. The zero-order valence-corrected chi connectivity index (χ0v) is 10.1. The normalized spacial score (nSPS) is 11.1. The van der Waals surface area contributed by atoms with Gasteiger partial charge in [0, 0.05) is 0 Å². The highest BCUT2D eigenvalue weighted by atomic mass is 35.5. The standard InChI is InChI=1S/C7H7ClFN3O2S2/c8-5-3-4(9)1-2-6(5)16(13,14)12-11-7(10)15/h1-3,12H,(H3,10,11,15). The summed E-state index contributed by atoms with van der Waals surface area (Å²) in [5.74, 6) is -0.633. The van der Waals surface area contributed by atoms with Gasteiger partial charge < -0.3 is 5.73 Å². The average Bonchev–Trinajstić information content (AvgIpc) is 2.14. The van der Waals surface area contributed by atoms with Crippen LogP contribution in [-0.2, 0) is 10.0 Å². The van der Waals surface area contributed by atoms with E-state index in [2.05, 4.69) is 12.2 Å². The van der Waals surface area contributed by atoms with E-state index < -0.39 is 15.8 Å². The van der Waals surface area contributed by atoms with Gasteiger partial charge in [-0.05, 0) is 30.4 Å². The first-order chi connectivity index (χ1) is 7.33. The Morgan fingerprint density at radius 3 is 2.62 bits per heavy atom. The Labute approximate surface area is 102 Å². The Morgan fingerprint density at radius 2 is 2.12 bits per heavy atom. The molecule has 1 aromatic rings. The third kappa shape index (κ3) is 3.27. The summed E-state index contributed by atoms with van der Waals surface area (Å²) in [5, 5.41) is -0.487. The predicted octanol–water partition coefficient (Wildman–Crippen LogP) is 0.506. The van der Waals surface area contributed by atoms with Gasteiger partial charge in [0.2, 0.25) is 0 Å². The van der Waals surface area contributed by atoms with Crippen LogP contribution in [0, 0.1) is 5.82 Å². The number of hydrogen-bond donors (Lipinski definition) is 3. The van der Waals surface area contributed by atoms with Gasteiger partial charge in [0.15, 0.2) is 5.11 Å². The molecule has 5 nitrogen and oxygen atoms in total. The third-order valence-corrected chi connectivity index (χ3v) is 3.32. The molecule has 0 aliphatic carbocycles. The molecule has 0 bridgehead atoms. The summed E-state index contributed by atoms with van der Waals surface area (Å²) in [6.07, 6.45) is 0. The fourth-order valence-corrected chi connectivity index (χ4v) is 2.37. The molecule has 88 valence electrons. The van der Waals surface area contributed by atoms with Crippen molar-refractivity contribution in [2.24, 2.45) is 5.73 Å². The van der Waals surface area contributed by atoms with Crippen molar-refractivity contribution < 1.29 is 12.8 Å². The molecule has 9 heteroatoms. The Kier molecular flexibility index (Phi) is 4.03. The number of thiocarbonyl (C=S) groups is 1. The largest absolute Gasteiger partial charge is 0.375 e. The molecule has 0 heterocycles. The van der Waals surface area contributed by atoms with E-state index in [1.807, 2.05) is 10.3 Å². The highest BCUT2D eigenvalue weighted by Gasteiger charge is 2.17. The van der Waals surface area contributed by atoms with Crippen LogP contribution in [0.3, 0.4) is 0 Å². The minimum atomic E-state index is -3.93. The van der Waals surface area contributed by atoms with Gasteiger partial charge in [-0.2, -0.15) is 0 Å². The van der Waals surface area contributed by atoms with Crippen LogP contribution in [0.5, 0.6) is 0 Å². The molecule has 1 aromatic carbocycles. The molecular weight excluding hydrogens is 277 g/mol. The zero-order valence-electron chi connectivity index (χ0n) is 7.70. The van der Waals surface area contributed by atoms with E-state index >= 15 is 0 Å². The SMILES string of the molecule is NC(=S)NNS(=O)(=O)c1ccc(F)cc1Cl. The first-order valence-corrected chi connectivity index (χ1v) is 6.12. The average molecular weight is 284 g/mol. The lowest BCUT2D eigenvalue weighted by Gasteiger charge is -2.08. The molecular formula is C7H7ClFN3O2S2. The second kappa shape index (κ2) is 4.91. The molecule has 0 radical (unpaired) electrons. The van der Waals surface area contributed by atoms with Gasteiger partial charge in [0.25, 0.3) is 10.0 Å². The van der Waals surface area contributed by atoms with Gasteiger partial charge >= 0.3 is 0 Å². The Morgan fingerprint density at radius 1 is 1.50 bits per heavy atom. The van der Waals surface area contributed by atoms with E-state index in [0.717, 1.165) is 18.2 Å². The van der Waals surface area contributed by atoms with E-state index in [0.29, 0.717) is 0 Å². The second-order valence-corrected chi connectivity index (χ2v) is 5.17. The van der Waals surface area contributed by atoms with E-state index in [-0.39, 0.29) is 15.0 Å². The lowest BCUT2D eigenvalue weighted by molar-refractivity contribution is 0.577. The zero-order chi connectivity index (χ0) is 12.3. The molecule has 0 spiro atoms. The number of nitrogens with one attached hydrogen (secondary N) is 2. The van der Waals surface area contributed by atoms with Crippen LogP contribution in [0.2, 0.25) is 5.02 Å². The molecule has 0 aliphatic heterocycles. The number of rotatable bonds is 3. The van der Waals surface area contributed by atoms with Crippen molar-refractivity contribution in [1.82, 2.24) is 10.3 Å². The van der Waals surface area contributed by atoms with Gasteiger partial charge in [-0.1, -0.05) is 11.6 Å². The molecule has 0 amide bonds. The minimum Gasteiger partial charge on any atom is -0.375 e. The topological polar surface area (TPSA) is 84.2 Å². The summed E-state index contributed by atoms with van der Waals surface area (Å²) in [4.78, 5) is 1.61. The third-order valence-electron chi connectivity index (χ3n) is 1.49. The van der Waals surface area contributed by atoms with Crippen LogP contribution < -0.4 is 16.0 Å². The van der Waals surface area contributed by atoms with Crippen molar-refractivity contribution in [2.75, 3.05) is 0 Å². The van der Waals surface area contributed by atoms with E-state index in [1.165, 1.54) is 0 Å². The number of sulfonamides is 1. The second-order valence-electron chi connectivity index (χ2n) is 2.67. The fraction of sp³-hybridized carbons (Fsp3) is 0. The van der Waals surface area contributed by atoms with Crippen molar-refractivity contribution >= 4 is 39.0 Å². The monoisotopic (exact) mass is 283 g/mol. The van der Waals surface area contributed by atoms with Crippen LogP contribution in [0.1, 0.15) is 0 Å². The van der Waals surface area contributed by atoms with Crippen molar-refractivity contribution in [1.29, 1.82) is 0 Å². The molecule has 16 heavy (non-hydrogen) atoms. The Bertz CT molecular complexity index is 520. The van der Waals surface area contributed by atoms with Crippen LogP contribution in [0.4, 0.5) is 4.39 Å². The maximum Gasteiger partial charge on any atom is 0.258 e. The molecule has 4 N–H and O–H groups in total. The van der Waals surface area contributed by atoms with Crippen molar-refractivity contribution in [3.05, 3.63) is 29.0 Å². The van der Waals surface area contributed by atoms with Gasteiger partial charge in [-0.15, -0.1) is 4.83 Å². The van der Waals surface area contributed by atoms with Crippen LogP contribution >= 0.6 is 23.8 Å². The lowest BCUT2D eigenvalue weighted by atomic mass is 10.3. The number of halogens is 2. The Hall–Kier alpha value is -0.960. The van der Waals surface area contributed by atoms with E-state index in [1.54, 1.807) is 0 Å². The smallest absolute Gasteiger partial charge is 0.258 e. The summed E-state index contributed by atoms with van der Waals surface area (Å²) < 4.78 is 35.8. The molecule has 0 unspecified atom stereocenters. The molecule has 0 saturated carbocycles. The molecule has 0 fully saturated rings. The minimum absolute atomic E-state index is 0.239. The van der Waals surface area contributed by atoms with Crippen LogP contribution in [-0.4, -0.2) is 13.5 Å². The van der Waals surface area contributed by atoms with Crippen LogP contribution in [0.25, 0.3) is 0 Å². The first kappa shape index (κ1) is 13.1.